The summed E-state index contributed by atoms with van der Waals surface area (Å²) in [5, 5.41) is 27.3. The number of piperidine rings is 2. The van der Waals surface area contributed by atoms with Gasteiger partial charge in [0, 0.05) is 85.7 Å². The molecule has 2 aromatic heterocycles. The molecule has 3 aromatic carbocycles. The summed E-state index contributed by atoms with van der Waals surface area (Å²) in [6.07, 6.45) is 13.4. The van der Waals surface area contributed by atoms with Gasteiger partial charge in [0.25, 0.3) is 5.91 Å². The summed E-state index contributed by atoms with van der Waals surface area (Å²) in [6, 6.07) is 11.7. The van der Waals surface area contributed by atoms with Crippen LogP contribution in [-0.2, 0) is 16.1 Å². The van der Waals surface area contributed by atoms with Crippen molar-refractivity contribution >= 4 is 50.9 Å². The Labute approximate surface area is 380 Å². The molecule has 11 rings (SSSR count). The summed E-state index contributed by atoms with van der Waals surface area (Å²) >= 11 is 0. The number of imide groups is 1. The van der Waals surface area contributed by atoms with Crippen LogP contribution in [-0.4, -0.2) is 129 Å². The van der Waals surface area contributed by atoms with E-state index >= 15 is 4.39 Å². The minimum atomic E-state index is -0.716. The van der Waals surface area contributed by atoms with E-state index in [1.165, 1.54) is 24.3 Å². The number of ether oxygens (including phenoxy) is 1. The number of anilines is 2. The lowest BCUT2D eigenvalue weighted by Gasteiger charge is -2.34. The van der Waals surface area contributed by atoms with Crippen molar-refractivity contribution in [2.45, 2.75) is 88.2 Å². The highest BCUT2D eigenvalue weighted by Gasteiger charge is 2.40. The van der Waals surface area contributed by atoms with Gasteiger partial charge >= 0.3 is 6.01 Å². The highest BCUT2D eigenvalue weighted by molar-refractivity contribution is 6.06. The van der Waals surface area contributed by atoms with Crippen molar-refractivity contribution in [1.29, 1.82) is 0 Å². The number of aliphatic hydroxyl groups excluding tert-OH is 1. The molecule has 342 valence electrons. The monoisotopic (exact) mass is 899 g/mol. The number of likely N-dealkylation sites (tertiary alicyclic amines) is 1. The second kappa shape index (κ2) is 17.7. The van der Waals surface area contributed by atoms with Gasteiger partial charge in [0.1, 0.15) is 41.2 Å². The molecule has 17 heteroatoms. The Hall–Kier alpha value is -6.48. The highest BCUT2D eigenvalue weighted by atomic mass is 19.1. The number of benzene rings is 3. The lowest BCUT2D eigenvalue weighted by atomic mass is 9.96. The largest absolute Gasteiger partial charge is 0.508 e. The van der Waals surface area contributed by atoms with Crippen LogP contribution in [0.3, 0.4) is 0 Å². The Morgan fingerprint density at radius 2 is 1.71 bits per heavy atom. The maximum atomic E-state index is 16.6. The standard InChI is InChI=1S/C31H30F2N6O2.C18H21N3O4/c1-3-22-25(32)9-6-17-11-21(40)12-23(26(17)22)28-27(33)29-24(13-34-28)30(39-14-18-7-8-19(15-39)35-18)37-31(36-29)41-16-20-5-4-10-38(20)2;22-13-5-7-20(8-6-13)12-1-2-14-11(9-12)10-21(18(14)25)15-3-4-16(23)19-17(15)24/h1,6,9,11-13,18-20,35,40H,4-5,7-8,10,14-16H2,2H3;1-2,9,13,15,22H,3-8,10H2,(H,19,23,24). The van der Waals surface area contributed by atoms with Gasteiger partial charge in [0.2, 0.25) is 11.8 Å². The molecular formula is C49H51F2N9O6. The molecule has 15 nitrogen and oxygen atoms in total. The molecule has 5 aromatic rings. The van der Waals surface area contributed by atoms with Gasteiger partial charge in [-0.3, -0.25) is 24.7 Å². The molecule has 3 amide bonds. The molecule has 66 heavy (non-hydrogen) atoms. The molecule has 4 unspecified atom stereocenters. The Morgan fingerprint density at radius 1 is 0.924 bits per heavy atom. The van der Waals surface area contributed by atoms with Crippen LogP contribution in [0.25, 0.3) is 32.9 Å². The predicted octanol–water partition coefficient (Wildman–Crippen LogP) is 4.63. The third-order valence-electron chi connectivity index (χ3n) is 14.0. The number of aromatic hydroxyl groups is 1. The third kappa shape index (κ3) is 8.22. The van der Waals surface area contributed by atoms with E-state index < -0.39 is 17.7 Å². The van der Waals surface area contributed by atoms with Gasteiger partial charge in [-0.15, -0.1) is 6.42 Å². The van der Waals surface area contributed by atoms with E-state index in [2.05, 4.69) is 48.3 Å². The number of phenolic OH excluding ortho intramolecular Hbond substituents is 1. The second-order valence-electron chi connectivity index (χ2n) is 18.3. The summed E-state index contributed by atoms with van der Waals surface area (Å²) in [6.45, 7) is 4.86. The summed E-state index contributed by atoms with van der Waals surface area (Å²) < 4.78 is 37.4. The molecule has 5 fully saturated rings. The third-order valence-corrected chi connectivity index (χ3v) is 14.0. The van der Waals surface area contributed by atoms with E-state index in [1.54, 1.807) is 11.1 Å². The maximum Gasteiger partial charge on any atom is 0.319 e. The average Bonchev–Trinajstić information content (AvgIpc) is 3.99. The van der Waals surface area contributed by atoms with Gasteiger partial charge in [-0.05, 0) is 106 Å². The molecule has 0 spiro atoms. The van der Waals surface area contributed by atoms with Gasteiger partial charge in [0.05, 0.1) is 17.1 Å². The lowest BCUT2D eigenvalue weighted by molar-refractivity contribution is -0.136. The quantitative estimate of drug-likeness (QED) is 0.132. The number of halogens is 2. The van der Waals surface area contributed by atoms with E-state index in [-0.39, 0.29) is 70.4 Å². The highest BCUT2D eigenvalue weighted by Crippen LogP contribution is 2.40. The zero-order valence-electron chi connectivity index (χ0n) is 36.6. The lowest BCUT2D eigenvalue weighted by Crippen LogP contribution is -2.52. The summed E-state index contributed by atoms with van der Waals surface area (Å²) in [7, 11) is 2.06. The number of amides is 3. The average molecular weight is 900 g/mol. The number of phenols is 1. The van der Waals surface area contributed by atoms with Gasteiger partial charge in [-0.25, -0.2) is 8.78 Å². The maximum absolute atomic E-state index is 16.6. The van der Waals surface area contributed by atoms with Crippen LogP contribution in [0.5, 0.6) is 11.8 Å². The molecule has 4 N–H and O–H groups in total. The minimum absolute atomic E-state index is 0.0248. The number of aliphatic hydroxyl groups is 1. The topological polar surface area (TPSA) is 177 Å². The fourth-order valence-electron chi connectivity index (χ4n) is 10.5. The fourth-order valence-corrected chi connectivity index (χ4v) is 10.5. The molecular weight excluding hydrogens is 849 g/mol. The summed E-state index contributed by atoms with van der Waals surface area (Å²) in [5.41, 5.74) is 2.71. The van der Waals surface area contributed by atoms with Crippen LogP contribution in [0, 0.1) is 24.0 Å². The Morgan fingerprint density at radius 3 is 2.44 bits per heavy atom. The molecule has 5 saturated heterocycles. The van der Waals surface area contributed by atoms with Crippen molar-refractivity contribution in [1.82, 2.24) is 35.4 Å². The number of likely N-dealkylation sites (N-methyl/N-ethyl adjacent to an activating group) is 1. The van der Waals surface area contributed by atoms with Crippen molar-refractivity contribution in [2.75, 3.05) is 56.2 Å². The molecule has 0 saturated carbocycles. The Balaban J connectivity index is 0.000000175. The SMILES string of the molecule is C#Cc1c(F)ccc2cc(O)cc(-c3ncc4c(N5CC6CCC(C5)N6)nc(OCC5CCCN5C)nc4c3F)c12.O=C1CCC(N2Cc3cc(N4CCC(O)CC4)ccc3C2=O)C(=O)N1. The van der Waals surface area contributed by atoms with Gasteiger partial charge in [0.15, 0.2) is 5.82 Å². The van der Waals surface area contributed by atoms with E-state index in [9.17, 15) is 29.0 Å². The van der Waals surface area contributed by atoms with E-state index in [0.717, 1.165) is 82.5 Å². The number of piperazine rings is 1. The number of pyridine rings is 1. The predicted molar refractivity (Wildman–Crippen MR) is 243 cm³/mol. The number of rotatable bonds is 7. The first-order valence-electron chi connectivity index (χ1n) is 22.8. The van der Waals surface area contributed by atoms with Gasteiger partial charge < -0.3 is 39.9 Å². The molecule has 8 heterocycles. The Kier molecular flexibility index (Phi) is 11.7. The van der Waals surface area contributed by atoms with Crippen LogP contribution in [0.4, 0.5) is 20.3 Å². The number of fused-ring (bicyclic) bond motifs is 5. The van der Waals surface area contributed by atoms with Crippen molar-refractivity contribution in [3.8, 4) is 35.4 Å². The van der Waals surface area contributed by atoms with Crippen molar-refractivity contribution in [3.63, 3.8) is 0 Å². The van der Waals surface area contributed by atoms with Crippen LogP contribution >= 0.6 is 0 Å². The normalized spacial score (nSPS) is 23.3. The van der Waals surface area contributed by atoms with E-state index in [0.29, 0.717) is 59.2 Å². The number of nitrogens with one attached hydrogen (secondary N) is 2. The number of hydrogen-bond acceptors (Lipinski definition) is 13. The molecule has 6 aliphatic rings. The zero-order chi connectivity index (χ0) is 45.8. The van der Waals surface area contributed by atoms with Crippen LogP contribution < -0.4 is 25.2 Å². The number of nitrogens with zero attached hydrogens (tertiary/aromatic N) is 7. The van der Waals surface area contributed by atoms with Gasteiger partial charge in [-0.1, -0.05) is 12.0 Å². The van der Waals surface area contributed by atoms with Gasteiger partial charge in [-0.2, -0.15) is 9.97 Å². The number of carbonyl (C=O) groups is 3. The smallest absolute Gasteiger partial charge is 0.319 e. The van der Waals surface area contributed by atoms with E-state index in [1.807, 2.05) is 18.2 Å². The number of aromatic nitrogens is 3. The molecule has 6 aliphatic heterocycles. The first-order chi connectivity index (χ1) is 31.9. The summed E-state index contributed by atoms with van der Waals surface area (Å²) in [4.78, 5) is 58.0. The zero-order valence-corrected chi connectivity index (χ0v) is 36.6. The van der Waals surface area contributed by atoms with Crippen molar-refractivity contribution in [3.05, 3.63) is 77.0 Å². The number of carbonyl (C=O) groups excluding carboxylic acids is 3. The Bertz CT molecular complexity index is 2800. The number of terminal acetylenes is 1. The first kappa shape index (κ1) is 43.4. The fraction of sp³-hybridized carbons (Fsp3) is 0.429. The first-order valence-corrected chi connectivity index (χ1v) is 22.8. The minimum Gasteiger partial charge on any atom is -0.508 e. The van der Waals surface area contributed by atoms with Crippen molar-refractivity contribution in [2.24, 2.45) is 0 Å². The molecule has 4 atom stereocenters. The molecule has 0 radical (unpaired) electrons. The van der Waals surface area contributed by atoms with Crippen LogP contribution in [0.15, 0.2) is 48.7 Å². The second-order valence-corrected chi connectivity index (χ2v) is 18.3. The van der Waals surface area contributed by atoms with Crippen LogP contribution in [0.1, 0.15) is 72.9 Å². The number of hydrogen-bond donors (Lipinski definition) is 4. The molecule has 0 aliphatic carbocycles. The molecule has 2 bridgehead atoms. The van der Waals surface area contributed by atoms with Crippen molar-refractivity contribution < 1.29 is 38.1 Å². The van der Waals surface area contributed by atoms with E-state index in [4.69, 9.17) is 16.1 Å². The van der Waals surface area contributed by atoms with Crippen LogP contribution in [0.2, 0.25) is 0 Å². The summed E-state index contributed by atoms with van der Waals surface area (Å²) in [5.74, 6) is 0.700.